The fraction of sp³-hybridized carbons (Fsp3) is 0.368. The summed E-state index contributed by atoms with van der Waals surface area (Å²) in [7, 11) is -1.92. The number of aliphatic hydroxyl groups is 2. The quantitative estimate of drug-likeness (QED) is 0.805. The molecule has 2 aromatic rings. The molecule has 0 amide bonds. The van der Waals surface area contributed by atoms with E-state index in [-0.39, 0.29) is 18.1 Å². The normalized spacial score (nSPS) is 16.0. The van der Waals surface area contributed by atoms with Crippen molar-refractivity contribution in [2.45, 2.75) is 31.7 Å². The van der Waals surface area contributed by atoms with Crippen molar-refractivity contribution in [1.82, 2.24) is 0 Å². The lowest BCUT2D eigenvalue weighted by molar-refractivity contribution is 0.0764. The molecule has 0 bridgehead atoms. The summed E-state index contributed by atoms with van der Waals surface area (Å²) in [6, 6.07) is 20.9. The molecule has 0 saturated heterocycles. The first-order valence-corrected chi connectivity index (χ1v) is 11.0. The van der Waals surface area contributed by atoms with Crippen molar-refractivity contribution < 1.29 is 10.2 Å². The zero-order chi connectivity index (χ0) is 16.2. The molecule has 2 rings (SSSR count). The SMILES string of the molecule is C[C@H](O)[C@H](CO)[C@H](c1ccccc1)[Si](C)(C)c1ccccc1. The molecule has 22 heavy (non-hydrogen) atoms. The van der Waals surface area contributed by atoms with E-state index in [1.165, 1.54) is 10.8 Å². The van der Waals surface area contributed by atoms with Crippen LogP contribution in [0.2, 0.25) is 13.1 Å². The topological polar surface area (TPSA) is 40.5 Å². The number of rotatable bonds is 6. The highest BCUT2D eigenvalue weighted by atomic mass is 28.3. The van der Waals surface area contributed by atoms with Crippen molar-refractivity contribution in [2.24, 2.45) is 5.92 Å². The predicted molar refractivity (Wildman–Crippen MR) is 95.0 cm³/mol. The van der Waals surface area contributed by atoms with Crippen LogP contribution in [0.25, 0.3) is 0 Å². The van der Waals surface area contributed by atoms with Crippen LogP contribution in [0.15, 0.2) is 60.7 Å². The lowest BCUT2D eigenvalue weighted by atomic mass is 9.94. The molecule has 0 unspecified atom stereocenters. The Bertz CT molecular complexity index is 567. The first-order chi connectivity index (χ1) is 10.5. The Labute approximate surface area is 134 Å². The van der Waals surface area contributed by atoms with Crippen LogP contribution in [0.3, 0.4) is 0 Å². The predicted octanol–water partition coefficient (Wildman–Crippen LogP) is 2.91. The van der Waals surface area contributed by atoms with E-state index in [2.05, 4.69) is 49.5 Å². The van der Waals surface area contributed by atoms with Crippen LogP contribution in [0.1, 0.15) is 18.0 Å². The van der Waals surface area contributed by atoms with Crippen molar-refractivity contribution in [1.29, 1.82) is 0 Å². The van der Waals surface area contributed by atoms with Crippen LogP contribution in [0.4, 0.5) is 0 Å². The summed E-state index contributed by atoms with van der Waals surface area (Å²) < 4.78 is 0. The van der Waals surface area contributed by atoms with Gasteiger partial charge in [-0.2, -0.15) is 0 Å². The van der Waals surface area contributed by atoms with Crippen LogP contribution in [0, 0.1) is 5.92 Å². The van der Waals surface area contributed by atoms with Crippen molar-refractivity contribution in [3.8, 4) is 0 Å². The molecule has 2 nitrogen and oxygen atoms in total. The summed E-state index contributed by atoms with van der Waals surface area (Å²) in [5.74, 6) is -0.149. The standard InChI is InChI=1S/C19H26O2Si/c1-15(21)18(14-20)19(16-10-6-4-7-11-16)22(2,3)17-12-8-5-9-13-17/h4-13,15,18-21H,14H2,1-3H3/t15-,18-,19-/m0/s1. The van der Waals surface area contributed by atoms with E-state index in [1.54, 1.807) is 6.92 Å². The Kier molecular flexibility index (Phi) is 5.56. The van der Waals surface area contributed by atoms with Crippen molar-refractivity contribution in [2.75, 3.05) is 6.61 Å². The van der Waals surface area contributed by atoms with Gasteiger partial charge in [-0.05, 0) is 18.0 Å². The van der Waals surface area contributed by atoms with Gasteiger partial charge in [0.1, 0.15) is 0 Å². The van der Waals surface area contributed by atoms with Crippen LogP contribution in [-0.2, 0) is 0 Å². The zero-order valence-electron chi connectivity index (χ0n) is 13.6. The van der Waals surface area contributed by atoms with Gasteiger partial charge >= 0.3 is 0 Å². The van der Waals surface area contributed by atoms with Gasteiger partial charge in [0, 0.05) is 12.5 Å². The molecular weight excluding hydrogens is 288 g/mol. The van der Waals surface area contributed by atoms with Gasteiger partial charge in [-0.3, -0.25) is 0 Å². The number of hydrogen-bond acceptors (Lipinski definition) is 2. The monoisotopic (exact) mass is 314 g/mol. The molecule has 2 aromatic carbocycles. The van der Waals surface area contributed by atoms with Crippen molar-refractivity contribution >= 4 is 13.3 Å². The zero-order valence-corrected chi connectivity index (χ0v) is 14.6. The van der Waals surface area contributed by atoms with Gasteiger partial charge in [0.15, 0.2) is 0 Å². The molecule has 3 atom stereocenters. The first kappa shape index (κ1) is 16.9. The molecule has 0 aromatic heterocycles. The first-order valence-electron chi connectivity index (χ1n) is 7.88. The smallest absolute Gasteiger partial charge is 0.0884 e. The Morgan fingerprint density at radius 3 is 1.86 bits per heavy atom. The fourth-order valence-electron chi connectivity index (χ4n) is 3.44. The lowest BCUT2D eigenvalue weighted by Crippen LogP contribution is -2.52. The number of benzene rings is 2. The Morgan fingerprint density at radius 1 is 0.909 bits per heavy atom. The third-order valence-corrected chi connectivity index (χ3v) is 8.85. The van der Waals surface area contributed by atoms with Gasteiger partial charge < -0.3 is 10.2 Å². The van der Waals surface area contributed by atoms with E-state index >= 15 is 0 Å². The van der Waals surface area contributed by atoms with Gasteiger partial charge in [-0.1, -0.05) is 78.9 Å². The summed E-state index contributed by atoms with van der Waals surface area (Å²) in [6.45, 7) is 6.43. The maximum absolute atomic E-state index is 10.2. The summed E-state index contributed by atoms with van der Waals surface area (Å²) in [5, 5.41) is 21.5. The number of hydrogen-bond donors (Lipinski definition) is 2. The molecule has 0 aliphatic carbocycles. The average Bonchev–Trinajstić information content (AvgIpc) is 2.53. The minimum absolute atomic E-state index is 0.000487. The molecule has 0 aliphatic heterocycles. The molecule has 0 radical (unpaired) electrons. The van der Waals surface area contributed by atoms with Gasteiger partial charge in [-0.25, -0.2) is 0 Å². The van der Waals surface area contributed by atoms with Crippen LogP contribution >= 0.6 is 0 Å². The van der Waals surface area contributed by atoms with Crippen molar-refractivity contribution in [3.63, 3.8) is 0 Å². The minimum atomic E-state index is -1.92. The second-order valence-corrected chi connectivity index (χ2v) is 11.2. The van der Waals surface area contributed by atoms with Crippen molar-refractivity contribution in [3.05, 3.63) is 66.2 Å². The van der Waals surface area contributed by atoms with Crippen LogP contribution < -0.4 is 5.19 Å². The summed E-state index contributed by atoms with van der Waals surface area (Å²) in [6.07, 6.45) is -0.536. The average molecular weight is 315 g/mol. The fourth-order valence-corrected chi connectivity index (χ4v) is 7.33. The second-order valence-electron chi connectivity index (χ2n) is 6.56. The van der Waals surface area contributed by atoms with E-state index in [9.17, 15) is 10.2 Å². The molecule has 0 spiro atoms. The van der Waals surface area contributed by atoms with Gasteiger partial charge in [0.05, 0.1) is 14.2 Å². The third kappa shape index (κ3) is 3.49. The molecular formula is C19H26O2Si. The second kappa shape index (κ2) is 7.23. The number of aliphatic hydroxyl groups excluding tert-OH is 2. The summed E-state index contributed by atoms with van der Waals surface area (Å²) >= 11 is 0. The summed E-state index contributed by atoms with van der Waals surface area (Å²) in [5.41, 5.74) is 1.38. The molecule has 118 valence electrons. The van der Waals surface area contributed by atoms with Gasteiger partial charge in [0.25, 0.3) is 0 Å². The molecule has 0 aliphatic rings. The molecule has 3 heteroatoms. The Hall–Kier alpha value is -1.42. The Morgan fingerprint density at radius 2 is 1.41 bits per heavy atom. The van der Waals surface area contributed by atoms with Crippen LogP contribution in [0.5, 0.6) is 0 Å². The highest BCUT2D eigenvalue weighted by Gasteiger charge is 2.41. The van der Waals surface area contributed by atoms with E-state index < -0.39 is 14.2 Å². The van der Waals surface area contributed by atoms with E-state index in [0.29, 0.717) is 0 Å². The maximum Gasteiger partial charge on any atom is 0.0884 e. The largest absolute Gasteiger partial charge is 0.396 e. The van der Waals surface area contributed by atoms with Gasteiger partial charge in [-0.15, -0.1) is 0 Å². The lowest BCUT2D eigenvalue weighted by Gasteiger charge is -2.39. The minimum Gasteiger partial charge on any atom is -0.396 e. The van der Waals surface area contributed by atoms with E-state index in [4.69, 9.17) is 0 Å². The summed E-state index contributed by atoms with van der Waals surface area (Å²) in [4.78, 5) is 0. The molecule has 0 fully saturated rings. The van der Waals surface area contributed by atoms with E-state index in [0.717, 1.165) is 0 Å². The maximum atomic E-state index is 10.2. The van der Waals surface area contributed by atoms with Crippen LogP contribution in [-0.4, -0.2) is 31.0 Å². The highest BCUT2D eigenvalue weighted by molar-refractivity contribution is 6.91. The molecule has 2 N–H and O–H groups in total. The molecule has 0 heterocycles. The van der Waals surface area contributed by atoms with E-state index in [1.807, 2.05) is 24.3 Å². The van der Waals surface area contributed by atoms with Gasteiger partial charge in [0.2, 0.25) is 0 Å². The highest BCUT2D eigenvalue weighted by Crippen LogP contribution is 2.35. The molecule has 0 saturated carbocycles. The Balaban J connectivity index is 2.53. The third-order valence-electron chi connectivity index (χ3n) is 4.71.